The number of para-hydroxylation sites is 1. The molecule has 1 aliphatic rings. The van der Waals surface area contributed by atoms with Crippen LogP contribution in [0, 0.1) is 0 Å². The molecular formula is C23H19N3O5S. The molecule has 4 aromatic rings. The van der Waals surface area contributed by atoms with Gasteiger partial charge in [0.15, 0.2) is 0 Å². The van der Waals surface area contributed by atoms with E-state index in [1.165, 1.54) is 13.2 Å². The molecule has 9 heteroatoms. The fourth-order valence-corrected chi connectivity index (χ4v) is 4.98. The summed E-state index contributed by atoms with van der Waals surface area (Å²) in [7, 11) is -2.16. The lowest BCUT2D eigenvalue weighted by molar-refractivity contribution is -0.117. The number of furan rings is 1. The number of sulfonamides is 1. The number of benzene rings is 3. The average molecular weight is 449 g/mol. The van der Waals surface area contributed by atoms with Crippen molar-refractivity contribution in [1.82, 2.24) is 4.72 Å². The van der Waals surface area contributed by atoms with Crippen LogP contribution in [0.1, 0.15) is 12.5 Å². The first kappa shape index (κ1) is 20.1. The van der Waals surface area contributed by atoms with Crippen LogP contribution >= 0.6 is 0 Å². The van der Waals surface area contributed by atoms with Gasteiger partial charge in [0, 0.05) is 22.4 Å². The molecule has 8 nitrogen and oxygen atoms in total. The number of rotatable bonds is 4. The highest BCUT2D eigenvalue weighted by atomic mass is 32.2. The second-order valence-electron chi connectivity index (χ2n) is 7.39. The van der Waals surface area contributed by atoms with Gasteiger partial charge in [-0.25, -0.2) is 8.42 Å². The van der Waals surface area contributed by atoms with Crippen LogP contribution in [-0.4, -0.2) is 33.3 Å². The Balaban J connectivity index is 1.46. The molecule has 0 saturated heterocycles. The van der Waals surface area contributed by atoms with Crippen molar-refractivity contribution in [3.05, 3.63) is 66.2 Å². The summed E-state index contributed by atoms with van der Waals surface area (Å²) in [4.78, 5) is 17.3. The third-order valence-corrected chi connectivity index (χ3v) is 6.72. The predicted molar refractivity (Wildman–Crippen MR) is 122 cm³/mol. The minimum atomic E-state index is -3.68. The van der Waals surface area contributed by atoms with Gasteiger partial charge < -0.3 is 14.5 Å². The van der Waals surface area contributed by atoms with Gasteiger partial charge in [0.25, 0.3) is 10.0 Å². The Labute approximate surface area is 183 Å². The summed E-state index contributed by atoms with van der Waals surface area (Å²) in [5, 5.41) is 4.63. The summed E-state index contributed by atoms with van der Waals surface area (Å²) in [6.07, 6.45) is 0. The molecule has 162 valence electrons. The van der Waals surface area contributed by atoms with Gasteiger partial charge in [-0.1, -0.05) is 30.3 Å². The van der Waals surface area contributed by atoms with Crippen LogP contribution in [0.3, 0.4) is 0 Å². The van der Waals surface area contributed by atoms with E-state index >= 15 is 0 Å². The number of hydrogen-bond acceptors (Lipinski definition) is 6. The number of amidine groups is 1. The third-order valence-electron chi connectivity index (χ3n) is 5.32. The molecule has 1 amide bonds. The molecule has 5 rings (SSSR count). The van der Waals surface area contributed by atoms with Gasteiger partial charge in [0.05, 0.1) is 17.7 Å². The predicted octanol–water partition coefficient (Wildman–Crippen LogP) is 3.66. The summed E-state index contributed by atoms with van der Waals surface area (Å²) >= 11 is 0. The first-order chi connectivity index (χ1) is 15.4. The van der Waals surface area contributed by atoms with Crippen molar-refractivity contribution in [2.75, 3.05) is 12.4 Å². The molecule has 0 fully saturated rings. The Hall–Kier alpha value is -3.85. The lowest BCUT2D eigenvalue weighted by Crippen LogP contribution is -2.29. The molecule has 0 saturated carbocycles. The maximum Gasteiger partial charge on any atom is 0.263 e. The highest BCUT2D eigenvalue weighted by Gasteiger charge is 2.31. The van der Waals surface area contributed by atoms with Crippen molar-refractivity contribution in [2.45, 2.75) is 17.9 Å². The molecule has 1 aliphatic heterocycles. The zero-order valence-corrected chi connectivity index (χ0v) is 18.1. The second-order valence-corrected chi connectivity index (χ2v) is 9.04. The van der Waals surface area contributed by atoms with Crippen LogP contribution in [0.25, 0.3) is 21.9 Å². The van der Waals surface area contributed by atoms with E-state index in [0.29, 0.717) is 22.6 Å². The molecule has 0 bridgehead atoms. The Morgan fingerprint density at radius 2 is 1.81 bits per heavy atom. The molecule has 1 aromatic heterocycles. The number of hydrogen-bond donors (Lipinski definition) is 2. The normalized spacial score (nSPS) is 16.6. The van der Waals surface area contributed by atoms with Crippen LogP contribution in [0.4, 0.5) is 5.69 Å². The number of anilines is 1. The minimum Gasteiger partial charge on any atom is -0.495 e. The van der Waals surface area contributed by atoms with E-state index in [1.54, 1.807) is 31.2 Å². The van der Waals surface area contributed by atoms with Crippen LogP contribution in [0.15, 0.2) is 75.0 Å². The average Bonchev–Trinajstić information content (AvgIpc) is 3.27. The number of aliphatic imine (C=N–C) groups is 1. The Morgan fingerprint density at radius 1 is 1.06 bits per heavy atom. The number of amides is 1. The first-order valence-electron chi connectivity index (χ1n) is 9.87. The summed E-state index contributed by atoms with van der Waals surface area (Å²) in [5.74, 6) is 0.196. The fourth-order valence-electron chi connectivity index (χ4n) is 3.74. The van der Waals surface area contributed by atoms with E-state index in [9.17, 15) is 13.2 Å². The van der Waals surface area contributed by atoms with Gasteiger partial charge in [-0.05, 0) is 31.2 Å². The van der Waals surface area contributed by atoms with E-state index in [1.807, 2.05) is 30.3 Å². The van der Waals surface area contributed by atoms with Gasteiger partial charge in [0.2, 0.25) is 5.91 Å². The Bertz CT molecular complexity index is 1520. The largest absolute Gasteiger partial charge is 0.495 e. The monoisotopic (exact) mass is 449 g/mol. The number of nitrogens with zero attached hydrogens (tertiary/aromatic N) is 1. The molecule has 32 heavy (non-hydrogen) atoms. The lowest BCUT2D eigenvalue weighted by Gasteiger charge is -2.13. The van der Waals surface area contributed by atoms with Crippen molar-refractivity contribution in [2.24, 2.45) is 4.99 Å². The number of fused-ring (bicyclic) bond motifs is 4. The standard InChI is InChI=1S/C23H19N3O5S/c1-13(24-22-15-8-4-6-10-21(15)32(28,29)26-22)23(27)25-17-12-19-16(11-20(17)30-2)14-7-3-5-9-18(14)31-19/h3-13H,1-2H3,(H,24,26)(H,25,27)/t13-/m1/s1. The molecule has 0 radical (unpaired) electrons. The molecular weight excluding hydrogens is 430 g/mol. The summed E-state index contributed by atoms with van der Waals surface area (Å²) in [6, 6.07) is 16.8. The molecule has 1 atom stereocenters. The number of ether oxygens (including phenoxy) is 1. The van der Waals surface area contributed by atoms with Gasteiger partial charge >= 0.3 is 0 Å². The highest BCUT2D eigenvalue weighted by Crippen LogP contribution is 2.36. The minimum absolute atomic E-state index is 0.142. The topological polar surface area (TPSA) is 110 Å². The number of methoxy groups -OCH3 is 1. The zero-order chi connectivity index (χ0) is 22.5. The molecule has 2 heterocycles. The van der Waals surface area contributed by atoms with E-state index in [0.717, 1.165) is 16.4 Å². The van der Waals surface area contributed by atoms with E-state index in [4.69, 9.17) is 9.15 Å². The van der Waals surface area contributed by atoms with Gasteiger partial charge in [0.1, 0.15) is 28.8 Å². The van der Waals surface area contributed by atoms with Crippen molar-refractivity contribution < 1.29 is 22.4 Å². The summed E-state index contributed by atoms with van der Waals surface area (Å²) in [5.41, 5.74) is 2.22. The molecule has 0 aliphatic carbocycles. The maximum atomic E-state index is 12.9. The van der Waals surface area contributed by atoms with Crippen molar-refractivity contribution in [3.8, 4) is 5.75 Å². The molecule has 2 N–H and O–H groups in total. The molecule has 3 aromatic carbocycles. The number of nitrogens with one attached hydrogen (secondary N) is 2. The highest BCUT2D eigenvalue weighted by molar-refractivity contribution is 7.90. The van der Waals surface area contributed by atoms with Crippen LogP contribution < -0.4 is 14.8 Å². The van der Waals surface area contributed by atoms with Crippen LogP contribution in [0.5, 0.6) is 5.75 Å². The smallest absolute Gasteiger partial charge is 0.263 e. The van der Waals surface area contributed by atoms with Gasteiger partial charge in [-0.2, -0.15) is 0 Å². The third kappa shape index (κ3) is 3.27. The second kappa shape index (κ2) is 7.38. The van der Waals surface area contributed by atoms with Crippen molar-refractivity contribution >= 4 is 49.4 Å². The SMILES string of the molecule is COc1cc2c(cc1NC(=O)[C@@H](C)N=C1NS(=O)(=O)c3ccccc31)oc1ccccc12. The summed E-state index contributed by atoms with van der Waals surface area (Å²) < 4.78 is 38.3. The molecule has 0 unspecified atom stereocenters. The quantitative estimate of drug-likeness (QED) is 0.494. The summed E-state index contributed by atoms with van der Waals surface area (Å²) in [6.45, 7) is 1.59. The fraction of sp³-hybridized carbons (Fsp3) is 0.130. The van der Waals surface area contributed by atoms with E-state index in [2.05, 4.69) is 15.0 Å². The number of carbonyl (C=O) groups excluding carboxylic acids is 1. The van der Waals surface area contributed by atoms with Crippen molar-refractivity contribution in [3.63, 3.8) is 0 Å². The first-order valence-corrected chi connectivity index (χ1v) is 11.4. The van der Waals surface area contributed by atoms with Gasteiger partial charge in [-0.3, -0.25) is 14.5 Å². The van der Waals surface area contributed by atoms with Crippen molar-refractivity contribution in [1.29, 1.82) is 0 Å². The van der Waals surface area contributed by atoms with E-state index < -0.39 is 22.0 Å². The number of carbonyl (C=O) groups is 1. The zero-order valence-electron chi connectivity index (χ0n) is 17.2. The van der Waals surface area contributed by atoms with Crippen LogP contribution in [0.2, 0.25) is 0 Å². The van der Waals surface area contributed by atoms with Crippen LogP contribution in [-0.2, 0) is 14.8 Å². The molecule has 0 spiro atoms. The maximum absolute atomic E-state index is 12.9. The Kier molecular flexibility index (Phi) is 4.63. The van der Waals surface area contributed by atoms with E-state index in [-0.39, 0.29) is 10.7 Å². The van der Waals surface area contributed by atoms with Gasteiger partial charge in [-0.15, -0.1) is 0 Å². The lowest BCUT2D eigenvalue weighted by atomic mass is 10.1. The Morgan fingerprint density at radius 3 is 2.62 bits per heavy atom.